The second-order valence-electron chi connectivity index (χ2n) is 8.16. The Bertz CT molecular complexity index is 1260. The number of nitrogens with zero attached hydrogens (tertiary/aromatic N) is 1. The van der Waals surface area contributed by atoms with Crippen LogP contribution >= 0.6 is 11.6 Å². The summed E-state index contributed by atoms with van der Waals surface area (Å²) in [7, 11) is -2.49. The lowest BCUT2D eigenvalue weighted by Crippen LogP contribution is -2.37. The van der Waals surface area contributed by atoms with Crippen molar-refractivity contribution in [1.82, 2.24) is 4.90 Å². The van der Waals surface area contributed by atoms with E-state index in [4.69, 9.17) is 25.3 Å². The highest BCUT2D eigenvalue weighted by atomic mass is 35.5. The van der Waals surface area contributed by atoms with Crippen LogP contribution in [0.4, 0.5) is 0 Å². The highest BCUT2D eigenvalue weighted by Crippen LogP contribution is 2.24. The highest BCUT2D eigenvalue weighted by molar-refractivity contribution is 7.87. The minimum atomic E-state index is -4.00. The monoisotopic (exact) mass is 515 g/mol. The van der Waals surface area contributed by atoms with Crippen LogP contribution in [0, 0.1) is 0 Å². The second kappa shape index (κ2) is 11.1. The van der Waals surface area contributed by atoms with Crippen molar-refractivity contribution >= 4 is 27.6 Å². The molecule has 7 nitrogen and oxygen atoms in total. The van der Waals surface area contributed by atoms with Gasteiger partial charge in [0.15, 0.2) is 0 Å². The van der Waals surface area contributed by atoms with Crippen LogP contribution < -0.4 is 8.92 Å². The molecule has 0 saturated carbocycles. The number of methoxy groups -OCH3 is 1. The highest BCUT2D eigenvalue weighted by Gasteiger charge is 2.25. The molecule has 1 saturated heterocycles. The zero-order chi connectivity index (χ0) is 24.8. The fraction of sp³-hybridized carbons (Fsp3) is 0.269. The van der Waals surface area contributed by atoms with Crippen LogP contribution in [0.2, 0.25) is 5.02 Å². The Labute approximate surface area is 210 Å². The molecular formula is C26H26ClNO6S. The minimum absolute atomic E-state index is 0.0236. The molecule has 1 aliphatic heterocycles. The van der Waals surface area contributed by atoms with Crippen molar-refractivity contribution in [2.75, 3.05) is 20.3 Å². The molecule has 1 heterocycles. The van der Waals surface area contributed by atoms with Crippen LogP contribution in [0.5, 0.6) is 11.5 Å². The summed E-state index contributed by atoms with van der Waals surface area (Å²) in [5.74, 6) is 0.536. The Kier molecular flexibility index (Phi) is 7.95. The molecule has 1 unspecified atom stereocenters. The van der Waals surface area contributed by atoms with Crippen molar-refractivity contribution in [2.24, 2.45) is 0 Å². The van der Waals surface area contributed by atoms with Crippen molar-refractivity contribution in [3.63, 3.8) is 0 Å². The molecule has 0 bridgehead atoms. The molecule has 184 valence electrons. The van der Waals surface area contributed by atoms with Gasteiger partial charge in [0.1, 0.15) is 16.4 Å². The largest absolute Gasteiger partial charge is 0.497 e. The SMILES string of the molecule is COc1ccc(S(=O)(=O)Oc2ccc(CN(CC3CCCO3)C(=O)c3ccccc3Cl)cc2)cc1. The number of rotatable bonds is 9. The molecule has 9 heteroatoms. The zero-order valence-electron chi connectivity index (χ0n) is 19.2. The molecule has 0 aromatic heterocycles. The maximum atomic E-state index is 13.3. The minimum Gasteiger partial charge on any atom is -0.497 e. The maximum Gasteiger partial charge on any atom is 0.339 e. The van der Waals surface area contributed by atoms with Crippen molar-refractivity contribution in [2.45, 2.75) is 30.4 Å². The van der Waals surface area contributed by atoms with Crippen molar-refractivity contribution < 1.29 is 26.9 Å². The number of amides is 1. The maximum absolute atomic E-state index is 13.3. The molecule has 4 rings (SSSR count). The van der Waals surface area contributed by atoms with E-state index in [1.54, 1.807) is 65.6 Å². The molecule has 1 fully saturated rings. The van der Waals surface area contributed by atoms with Gasteiger partial charge in [0, 0.05) is 19.7 Å². The molecule has 0 aliphatic carbocycles. The Morgan fingerprint density at radius 3 is 2.34 bits per heavy atom. The van der Waals surface area contributed by atoms with E-state index in [0.717, 1.165) is 18.4 Å². The number of carbonyl (C=O) groups excluding carboxylic acids is 1. The average molecular weight is 516 g/mol. The van der Waals surface area contributed by atoms with Gasteiger partial charge in [0.25, 0.3) is 5.91 Å². The fourth-order valence-corrected chi connectivity index (χ4v) is 4.99. The van der Waals surface area contributed by atoms with E-state index in [0.29, 0.717) is 36.0 Å². The summed E-state index contributed by atoms with van der Waals surface area (Å²) in [4.78, 5) is 15.0. The van der Waals surface area contributed by atoms with E-state index in [1.807, 2.05) is 0 Å². The Morgan fingerprint density at radius 2 is 1.71 bits per heavy atom. The molecule has 3 aromatic carbocycles. The summed E-state index contributed by atoms with van der Waals surface area (Å²) in [6.07, 6.45) is 1.83. The molecule has 3 aromatic rings. The normalized spacial score (nSPS) is 15.5. The third-order valence-electron chi connectivity index (χ3n) is 5.69. The Morgan fingerprint density at radius 1 is 1.03 bits per heavy atom. The van der Waals surface area contributed by atoms with Crippen molar-refractivity contribution in [3.05, 3.63) is 88.9 Å². The van der Waals surface area contributed by atoms with Gasteiger partial charge >= 0.3 is 10.1 Å². The van der Waals surface area contributed by atoms with Crippen LogP contribution in [0.25, 0.3) is 0 Å². The van der Waals surface area contributed by atoms with E-state index < -0.39 is 10.1 Å². The number of halogens is 1. The summed E-state index contributed by atoms with van der Waals surface area (Å²) < 4.78 is 41.3. The van der Waals surface area contributed by atoms with Crippen LogP contribution in [0.15, 0.2) is 77.7 Å². The quantitative estimate of drug-likeness (QED) is 0.375. The van der Waals surface area contributed by atoms with Crippen LogP contribution in [0.3, 0.4) is 0 Å². The summed E-state index contributed by atoms with van der Waals surface area (Å²) in [5.41, 5.74) is 1.25. The van der Waals surface area contributed by atoms with Gasteiger partial charge in [-0.2, -0.15) is 8.42 Å². The molecular weight excluding hydrogens is 490 g/mol. The number of hydrogen-bond acceptors (Lipinski definition) is 6. The van der Waals surface area contributed by atoms with E-state index >= 15 is 0 Å². The predicted molar refractivity (Wildman–Crippen MR) is 132 cm³/mol. The molecule has 35 heavy (non-hydrogen) atoms. The van der Waals surface area contributed by atoms with Gasteiger partial charge in [0.2, 0.25) is 0 Å². The third-order valence-corrected chi connectivity index (χ3v) is 7.28. The van der Waals surface area contributed by atoms with Gasteiger partial charge < -0.3 is 18.6 Å². The van der Waals surface area contributed by atoms with Gasteiger partial charge in [-0.15, -0.1) is 0 Å². The number of benzene rings is 3. The van der Waals surface area contributed by atoms with Gasteiger partial charge in [-0.1, -0.05) is 35.9 Å². The number of ether oxygens (including phenoxy) is 2. The molecule has 0 N–H and O–H groups in total. The van der Waals surface area contributed by atoms with Gasteiger partial charge in [-0.05, 0) is 66.9 Å². The van der Waals surface area contributed by atoms with Gasteiger partial charge in [0.05, 0.1) is 23.8 Å². The second-order valence-corrected chi connectivity index (χ2v) is 10.1. The van der Waals surface area contributed by atoms with Crippen LogP contribution in [-0.4, -0.2) is 45.6 Å². The summed E-state index contributed by atoms with van der Waals surface area (Å²) >= 11 is 6.27. The average Bonchev–Trinajstić information content (AvgIpc) is 3.38. The lowest BCUT2D eigenvalue weighted by Gasteiger charge is -2.26. The van der Waals surface area contributed by atoms with Crippen molar-refractivity contribution in [3.8, 4) is 11.5 Å². The molecule has 1 aliphatic rings. The van der Waals surface area contributed by atoms with Gasteiger partial charge in [-0.3, -0.25) is 4.79 Å². The molecule has 1 amide bonds. The summed E-state index contributed by atoms with van der Waals surface area (Å²) in [6, 6.07) is 19.5. The molecule has 1 atom stereocenters. The summed E-state index contributed by atoms with van der Waals surface area (Å²) in [6.45, 7) is 1.44. The predicted octanol–water partition coefficient (Wildman–Crippen LogP) is 4.94. The van der Waals surface area contributed by atoms with Crippen molar-refractivity contribution in [1.29, 1.82) is 0 Å². The van der Waals surface area contributed by atoms with Crippen LogP contribution in [-0.2, 0) is 21.4 Å². The fourth-order valence-electron chi connectivity index (χ4n) is 3.85. The number of carbonyl (C=O) groups is 1. The number of hydrogen-bond donors (Lipinski definition) is 0. The standard InChI is InChI=1S/C26H26ClNO6S/c1-32-20-12-14-23(15-13-20)35(30,31)34-21-10-8-19(9-11-21)17-28(18-22-5-4-16-33-22)26(29)24-6-2-3-7-25(24)27/h2-3,6-15,22H,4-5,16-18H2,1H3. The Hall–Kier alpha value is -3.07. The first-order valence-corrected chi connectivity index (χ1v) is 13.0. The Balaban J connectivity index is 1.48. The zero-order valence-corrected chi connectivity index (χ0v) is 20.8. The van der Waals surface area contributed by atoms with Gasteiger partial charge in [-0.25, -0.2) is 0 Å². The first kappa shape index (κ1) is 25.0. The van der Waals surface area contributed by atoms with Crippen LogP contribution in [0.1, 0.15) is 28.8 Å². The van der Waals surface area contributed by atoms with E-state index in [1.165, 1.54) is 19.2 Å². The molecule has 0 spiro atoms. The smallest absolute Gasteiger partial charge is 0.339 e. The topological polar surface area (TPSA) is 82.1 Å². The third kappa shape index (κ3) is 6.33. The first-order valence-electron chi connectivity index (χ1n) is 11.2. The van der Waals surface area contributed by atoms with E-state index in [2.05, 4.69) is 0 Å². The lowest BCUT2D eigenvalue weighted by atomic mass is 10.1. The first-order chi connectivity index (χ1) is 16.9. The summed E-state index contributed by atoms with van der Waals surface area (Å²) in [5, 5.41) is 0.391. The lowest BCUT2D eigenvalue weighted by molar-refractivity contribution is 0.0507. The van der Waals surface area contributed by atoms with E-state index in [-0.39, 0.29) is 22.7 Å². The molecule has 0 radical (unpaired) electrons. The van der Waals surface area contributed by atoms with E-state index in [9.17, 15) is 13.2 Å².